The Morgan fingerprint density at radius 1 is 1.06 bits per heavy atom. The van der Waals surface area contributed by atoms with Crippen LogP contribution in [0.15, 0.2) is 66.9 Å². The number of carbonyl (C=O) groups is 1. The second kappa shape index (κ2) is 9.92. The molecule has 1 heterocycles. The summed E-state index contributed by atoms with van der Waals surface area (Å²) in [6.45, 7) is 6.46. The number of aromatic nitrogens is 2. The van der Waals surface area contributed by atoms with E-state index in [9.17, 15) is 9.90 Å². The molecule has 1 aromatic heterocycles. The SMILES string of the molecule is Cc1cc(OCc2c(C(C)C)cnn2-c2c(Cl)cccc2Cl)ccc1-c1cccc(C(=O)O)c1. The molecule has 174 valence electrons. The van der Waals surface area contributed by atoms with Gasteiger partial charge >= 0.3 is 5.97 Å². The molecule has 0 bridgehead atoms. The summed E-state index contributed by atoms with van der Waals surface area (Å²) in [5.41, 5.74) is 5.58. The first-order chi connectivity index (χ1) is 16.3. The molecule has 0 aliphatic rings. The van der Waals surface area contributed by atoms with Gasteiger partial charge in [-0.25, -0.2) is 9.48 Å². The quantitative estimate of drug-likeness (QED) is 0.287. The molecule has 0 atom stereocenters. The molecule has 0 fully saturated rings. The van der Waals surface area contributed by atoms with Gasteiger partial charge in [0.05, 0.1) is 27.5 Å². The maximum Gasteiger partial charge on any atom is 0.335 e. The normalized spacial score (nSPS) is 11.1. The first-order valence-corrected chi connectivity index (χ1v) is 11.6. The molecule has 7 heteroatoms. The molecule has 4 rings (SSSR count). The monoisotopic (exact) mass is 494 g/mol. The summed E-state index contributed by atoms with van der Waals surface area (Å²) in [5, 5.41) is 14.9. The lowest BCUT2D eigenvalue weighted by Crippen LogP contribution is -2.09. The third kappa shape index (κ3) is 4.81. The van der Waals surface area contributed by atoms with Crippen LogP contribution in [-0.4, -0.2) is 20.9 Å². The van der Waals surface area contributed by atoms with Crippen LogP contribution in [0.3, 0.4) is 0 Å². The van der Waals surface area contributed by atoms with Gasteiger partial charge in [-0.05, 0) is 71.5 Å². The van der Waals surface area contributed by atoms with Crippen LogP contribution in [0.4, 0.5) is 0 Å². The molecule has 5 nitrogen and oxygen atoms in total. The van der Waals surface area contributed by atoms with Crippen molar-refractivity contribution in [1.82, 2.24) is 9.78 Å². The fraction of sp³-hybridized carbons (Fsp3) is 0.185. The molecule has 1 N–H and O–H groups in total. The number of carboxylic acids is 1. The summed E-state index contributed by atoms with van der Waals surface area (Å²) in [5.74, 6) is -0.0155. The Bertz CT molecular complexity index is 1340. The van der Waals surface area contributed by atoms with E-state index in [2.05, 4.69) is 18.9 Å². The first kappa shape index (κ1) is 23.9. The summed E-state index contributed by atoms with van der Waals surface area (Å²) >= 11 is 12.9. The van der Waals surface area contributed by atoms with Gasteiger partial charge in [-0.3, -0.25) is 0 Å². The van der Waals surface area contributed by atoms with Crippen LogP contribution in [0, 0.1) is 6.92 Å². The van der Waals surface area contributed by atoms with Gasteiger partial charge in [0.25, 0.3) is 0 Å². The van der Waals surface area contributed by atoms with Gasteiger partial charge in [0.2, 0.25) is 0 Å². The van der Waals surface area contributed by atoms with E-state index in [1.54, 1.807) is 41.1 Å². The van der Waals surface area contributed by atoms with Crippen LogP contribution in [0.25, 0.3) is 16.8 Å². The Morgan fingerprint density at radius 2 is 1.76 bits per heavy atom. The van der Waals surface area contributed by atoms with Crippen molar-refractivity contribution in [3.63, 3.8) is 0 Å². The van der Waals surface area contributed by atoms with Crippen molar-refractivity contribution < 1.29 is 14.6 Å². The smallest absolute Gasteiger partial charge is 0.335 e. The van der Waals surface area contributed by atoms with Crippen LogP contribution in [-0.2, 0) is 6.61 Å². The number of hydrogen-bond donors (Lipinski definition) is 1. The van der Waals surface area contributed by atoms with Gasteiger partial charge in [0.1, 0.15) is 18.0 Å². The maximum atomic E-state index is 11.3. The number of rotatable bonds is 7. The largest absolute Gasteiger partial charge is 0.487 e. The van der Waals surface area contributed by atoms with E-state index in [1.165, 1.54) is 0 Å². The highest BCUT2D eigenvalue weighted by Crippen LogP contribution is 2.33. The Kier molecular flexibility index (Phi) is 6.96. The molecule has 0 saturated carbocycles. The molecule has 0 aliphatic heterocycles. The number of hydrogen-bond acceptors (Lipinski definition) is 3. The van der Waals surface area contributed by atoms with E-state index in [0.29, 0.717) is 21.5 Å². The van der Waals surface area contributed by atoms with E-state index in [-0.39, 0.29) is 18.1 Å². The fourth-order valence-corrected chi connectivity index (χ4v) is 4.48. The van der Waals surface area contributed by atoms with Gasteiger partial charge < -0.3 is 9.84 Å². The van der Waals surface area contributed by atoms with Gasteiger partial charge in [-0.2, -0.15) is 5.10 Å². The summed E-state index contributed by atoms with van der Waals surface area (Å²) in [6, 6.07) is 18.0. The number of halogens is 2. The minimum atomic E-state index is -0.948. The number of carboxylic acid groups (broad SMARTS) is 1. The number of para-hydroxylation sites is 1. The van der Waals surface area contributed by atoms with Crippen molar-refractivity contribution in [2.75, 3.05) is 0 Å². The molecule has 0 saturated heterocycles. The molecular weight excluding hydrogens is 471 g/mol. The van der Waals surface area contributed by atoms with E-state index in [4.69, 9.17) is 27.9 Å². The lowest BCUT2D eigenvalue weighted by Gasteiger charge is -2.15. The molecule has 0 amide bonds. The van der Waals surface area contributed by atoms with Crippen LogP contribution in [0.5, 0.6) is 5.75 Å². The van der Waals surface area contributed by atoms with Crippen LogP contribution in [0.1, 0.15) is 46.9 Å². The molecule has 34 heavy (non-hydrogen) atoms. The summed E-state index contributed by atoms with van der Waals surface area (Å²) in [4.78, 5) is 11.3. The van der Waals surface area contributed by atoms with Crippen molar-refractivity contribution in [2.24, 2.45) is 0 Å². The Hall–Kier alpha value is -3.28. The average Bonchev–Trinajstić information content (AvgIpc) is 3.21. The number of benzene rings is 3. The van der Waals surface area contributed by atoms with Crippen molar-refractivity contribution >= 4 is 29.2 Å². The first-order valence-electron chi connectivity index (χ1n) is 10.8. The van der Waals surface area contributed by atoms with E-state index < -0.39 is 5.97 Å². The third-order valence-electron chi connectivity index (χ3n) is 5.67. The lowest BCUT2D eigenvalue weighted by atomic mass is 9.98. The predicted octanol–water partition coefficient (Wildman–Crippen LogP) is 7.56. The van der Waals surface area contributed by atoms with Crippen molar-refractivity contribution in [2.45, 2.75) is 33.3 Å². The minimum absolute atomic E-state index is 0.235. The van der Waals surface area contributed by atoms with Gasteiger partial charge in [0, 0.05) is 0 Å². The molecule has 0 aliphatic carbocycles. The molecular formula is C27H24Cl2N2O3. The van der Waals surface area contributed by atoms with Crippen LogP contribution < -0.4 is 4.74 Å². The molecule has 3 aromatic carbocycles. The average molecular weight is 495 g/mol. The Balaban J connectivity index is 1.63. The van der Waals surface area contributed by atoms with Crippen molar-refractivity contribution in [1.29, 1.82) is 0 Å². The Morgan fingerprint density at radius 3 is 2.41 bits per heavy atom. The number of aromatic carboxylic acids is 1. The summed E-state index contributed by atoms with van der Waals surface area (Å²) in [7, 11) is 0. The zero-order valence-corrected chi connectivity index (χ0v) is 20.6. The molecule has 0 unspecified atom stereocenters. The predicted molar refractivity (Wildman–Crippen MR) is 136 cm³/mol. The zero-order valence-electron chi connectivity index (χ0n) is 19.0. The van der Waals surface area contributed by atoms with E-state index in [1.807, 2.05) is 37.4 Å². The summed E-state index contributed by atoms with van der Waals surface area (Å²) < 4.78 is 7.92. The van der Waals surface area contributed by atoms with E-state index in [0.717, 1.165) is 27.9 Å². The van der Waals surface area contributed by atoms with E-state index >= 15 is 0 Å². The topological polar surface area (TPSA) is 64.4 Å². The van der Waals surface area contributed by atoms with Crippen molar-refractivity contribution in [3.05, 3.63) is 99.3 Å². The van der Waals surface area contributed by atoms with Crippen LogP contribution >= 0.6 is 23.2 Å². The lowest BCUT2D eigenvalue weighted by molar-refractivity contribution is 0.0697. The van der Waals surface area contributed by atoms with Gasteiger partial charge in [0.15, 0.2) is 0 Å². The highest BCUT2D eigenvalue weighted by molar-refractivity contribution is 6.37. The number of ether oxygens (including phenoxy) is 1. The van der Waals surface area contributed by atoms with Crippen LogP contribution in [0.2, 0.25) is 10.0 Å². The van der Waals surface area contributed by atoms with Crippen molar-refractivity contribution in [3.8, 4) is 22.6 Å². The zero-order chi connectivity index (χ0) is 24.4. The highest BCUT2D eigenvalue weighted by Gasteiger charge is 2.19. The number of aryl methyl sites for hydroxylation is 1. The minimum Gasteiger partial charge on any atom is -0.487 e. The fourth-order valence-electron chi connectivity index (χ4n) is 3.92. The van der Waals surface area contributed by atoms with Gasteiger partial charge in [-0.1, -0.05) is 61.3 Å². The molecule has 0 spiro atoms. The summed E-state index contributed by atoms with van der Waals surface area (Å²) in [6.07, 6.45) is 1.83. The highest BCUT2D eigenvalue weighted by atomic mass is 35.5. The molecule has 4 aromatic rings. The standard InChI is InChI=1S/C27H24Cl2N2O3/c1-16(2)22-14-30-31(26-23(28)8-5-9-24(26)29)25(22)15-34-20-10-11-21(17(3)12-20)18-6-4-7-19(13-18)27(32)33/h4-14,16H,15H2,1-3H3,(H,32,33). The second-order valence-electron chi connectivity index (χ2n) is 8.33. The Labute approximate surface area is 208 Å². The third-order valence-corrected chi connectivity index (χ3v) is 6.28. The second-order valence-corrected chi connectivity index (χ2v) is 9.15. The van der Waals surface area contributed by atoms with Gasteiger partial charge in [-0.15, -0.1) is 0 Å². The number of nitrogens with zero attached hydrogens (tertiary/aromatic N) is 2. The molecule has 0 radical (unpaired) electrons. The maximum absolute atomic E-state index is 11.3.